The number of pyridine rings is 1. The van der Waals surface area contributed by atoms with Crippen LogP contribution in [0, 0.1) is 0 Å². The molecule has 0 aliphatic heterocycles. The van der Waals surface area contributed by atoms with Gasteiger partial charge < -0.3 is 10.1 Å². The SMILES string of the molecule is CCOC(=O)c1cccnc1NCc1ccccc1Cl. The normalized spacial score (nSPS) is 10.1. The van der Waals surface area contributed by atoms with Gasteiger partial charge >= 0.3 is 5.97 Å². The number of carbonyl (C=O) groups is 1. The zero-order valence-corrected chi connectivity index (χ0v) is 11.9. The van der Waals surface area contributed by atoms with Crippen LogP contribution in [0.15, 0.2) is 42.6 Å². The number of esters is 1. The molecule has 0 spiro atoms. The fourth-order valence-corrected chi connectivity index (χ4v) is 1.94. The standard InChI is InChI=1S/C15H15ClN2O2/c1-2-20-15(19)12-7-5-9-17-14(12)18-10-11-6-3-4-8-13(11)16/h3-9H,2,10H2,1H3,(H,17,18). The molecule has 5 heteroatoms. The molecular weight excluding hydrogens is 276 g/mol. The first-order valence-corrected chi connectivity index (χ1v) is 6.69. The lowest BCUT2D eigenvalue weighted by atomic mass is 10.2. The van der Waals surface area contributed by atoms with Crippen LogP contribution >= 0.6 is 11.6 Å². The largest absolute Gasteiger partial charge is 0.462 e. The zero-order valence-electron chi connectivity index (χ0n) is 11.1. The van der Waals surface area contributed by atoms with Crippen LogP contribution in [0.3, 0.4) is 0 Å². The van der Waals surface area contributed by atoms with Crippen LogP contribution in [0.1, 0.15) is 22.8 Å². The summed E-state index contributed by atoms with van der Waals surface area (Å²) in [5, 5.41) is 3.79. The molecule has 0 atom stereocenters. The second-order valence-corrected chi connectivity index (χ2v) is 4.47. The van der Waals surface area contributed by atoms with Gasteiger partial charge in [0.05, 0.1) is 6.61 Å². The number of hydrogen-bond acceptors (Lipinski definition) is 4. The Kier molecular flexibility index (Phi) is 4.96. The van der Waals surface area contributed by atoms with Gasteiger partial charge in [-0.2, -0.15) is 0 Å². The van der Waals surface area contributed by atoms with E-state index >= 15 is 0 Å². The molecule has 1 aromatic carbocycles. The lowest BCUT2D eigenvalue weighted by Crippen LogP contribution is -2.11. The minimum atomic E-state index is -0.387. The highest BCUT2D eigenvalue weighted by atomic mass is 35.5. The molecule has 0 aliphatic rings. The summed E-state index contributed by atoms with van der Waals surface area (Å²) in [6, 6.07) is 10.9. The molecule has 0 amide bonds. The van der Waals surface area contributed by atoms with E-state index in [4.69, 9.17) is 16.3 Å². The average Bonchev–Trinajstić information content (AvgIpc) is 2.47. The Balaban J connectivity index is 2.14. The van der Waals surface area contributed by atoms with Gasteiger partial charge in [0.2, 0.25) is 0 Å². The molecule has 2 rings (SSSR count). The summed E-state index contributed by atoms with van der Waals surface area (Å²) in [4.78, 5) is 16.0. The average molecular weight is 291 g/mol. The Bertz CT molecular complexity index is 602. The fourth-order valence-electron chi connectivity index (χ4n) is 1.74. The second kappa shape index (κ2) is 6.91. The highest BCUT2D eigenvalue weighted by molar-refractivity contribution is 6.31. The number of ether oxygens (including phenoxy) is 1. The van der Waals surface area contributed by atoms with E-state index in [-0.39, 0.29) is 5.97 Å². The molecule has 104 valence electrons. The molecule has 1 N–H and O–H groups in total. The molecule has 0 radical (unpaired) electrons. The van der Waals surface area contributed by atoms with Gasteiger partial charge in [-0.05, 0) is 30.7 Å². The first-order valence-electron chi connectivity index (χ1n) is 6.31. The van der Waals surface area contributed by atoms with E-state index in [1.165, 1.54) is 0 Å². The number of nitrogens with zero attached hydrogens (tertiary/aromatic N) is 1. The van der Waals surface area contributed by atoms with Gasteiger partial charge in [-0.3, -0.25) is 0 Å². The van der Waals surface area contributed by atoms with E-state index in [9.17, 15) is 4.79 Å². The van der Waals surface area contributed by atoms with E-state index in [2.05, 4.69) is 10.3 Å². The first-order chi connectivity index (χ1) is 9.72. The summed E-state index contributed by atoms with van der Waals surface area (Å²) in [6.45, 7) is 2.59. The highest BCUT2D eigenvalue weighted by Gasteiger charge is 2.13. The predicted molar refractivity (Wildman–Crippen MR) is 79.0 cm³/mol. The molecule has 0 saturated carbocycles. The molecule has 0 bridgehead atoms. The molecule has 0 saturated heterocycles. The second-order valence-electron chi connectivity index (χ2n) is 4.07. The van der Waals surface area contributed by atoms with Crippen molar-refractivity contribution in [1.82, 2.24) is 4.98 Å². The molecule has 2 aromatic rings. The van der Waals surface area contributed by atoms with Gasteiger partial charge in [0.25, 0.3) is 0 Å². The minimum absolute atomic E-state index is 0.331. The van der Waals surface area contributed by atoms with Crippen LogP contribution in [0.25, 0.3) is 0 Å². The fraction of sp³-hybridized carbons (Fsp3) is 0.200. The number of benzene rings is 1. The van der Waals surface area contributed by atoms with Crippen molar-refractivity contribution in [1.29, 1.82) is 0 Å². The first kappa shape index (κ1) is 14.3. The monoisotopic (exact) mass is 290 g/mol. The third-order valence-corrected chi connectivity index (χ3v) is 3.08. The summed E-state index contributed by atoms with van der Waals surface area (Å²) in [6.07, 6.45) is 1.62. The van der Waals surface area contributed by atoms with E-state index in [0.717, 1.165) is 5.56 Å². The molecule has 0 fully saturated rings. The highest BCUT2D eigenvalue weighted by Crippen LogP contribution is 2.18. The number of rotatable bonds is 5. The maximum absolute atomic E-state index is 11.8. The van der Waals surface area contributed by atoms with Crippen LogP contribution in [0.4, 0.5) is 5.82 Å². The van der Waals surface area contributed by atoms with Crippen LogP contribution in [-0.4, -0.2) is 17.6 Å². The van der Waals surface area contributed by atoms with E-state index in [1.807, 2.05) is 24.3 Å². The van der Waals surface area contributed by atoms with Gasteiger partial charge in [-0.15, -0.1) is 0 Å². The number of anilines is 1. The molecule has 0 aliphatic carbocycles. The van der Waals surface area contributed by atoms with Crippen LogP contribution < -0.4 is 5.32 Å². The molecule has 4 nitrogen and oxygen atoms in total. The Morgan fingerprint density at radius 1 is 1.30 bits per heavy atom. The van der Waals surface area contributed by atoms with Crippen LogP contribution in [0.5, 0.6) is 0 Å². The number of halogens is 1. The van der Waals surface area contributed by atoms with Crippen molar-refractivity contribution in [2.24, 2.45) is 0 Å². The topological polar surface area (TPSA) is 51.2 Å². The van der Waals surface area contributed by atoms with Gasteiger partial charge in [0, 0.05) is 17.8 Å². The molecule has 1 aromatic heterocycles. The number of aromatic nitrogens is 1. The van der Waals surface area contributed by atoms with Crippen LogP contribution in [-0.2, 0) is 11.3 Å². The third-order valence-electron chi connectivity index (χ3n) is 2.71. The lowest BCUT2D eigenvalue weighted by Gasteiger charge is -2.10. The molecule has 20 heavy (non-hydrogen) atoms. The molecule has 0 unspecified atom stereocenters. The zero-order chi connectivity index (χ0) is 14.4. The van der Waals surface area contributed by atoms with Gasteiger partial charge in [-0.25, -0.2) is 9.78 Å². The number of nitrogens with one attached hydrogen (secondary N) is 1. The Morgan fingerprint density at radius 3 is 2.85 bits per heavy atom. The summed E-state index contributed by atoms with van der Waals surface area (Å²) < 4.78 is 5.00. The maximum Gasteiger partial charge on any atom is 0.341 e. The molecular formula is C15H15ClN2O2. The lowest BCUT2D eigenvalue weighted by molar-refractivity contribution is 0.0527. The number of carbonyl (C=O) groups excluding carboxylic acids is 1. The van der Waals surface area contributed by atoms with E-state index in [0.29, 0.717) is 29.6 Å². The van der Waals surface area contributed by atoms with Crippen molar-refractivity contribution < 1.29 is 9.53 Å². The Morgan fingerprint density at radius 2 is 2.10 bits per heavy atom. The Labute approximate surface area is 122 Å². The quantitative estimate of drug-likeness (QED) is 0.856. The van der Waals surface area contributed by atoms with Crippen molar-refractivity contribution in [2.75, 3.05) is 11.9 Å². The maximum atomic E-state index is 11.8. The summed E-state index contributed by atoms with van der Waals surface area (Å²) in [5.41, 5.74) is 1.36. The summed E-state index contributed by atoms with van der Waals surface area (Å²) in [7, 11) is 0. The summed E-state index contributed by atoms with van der Waals surface area (Å²) >= 11 is 6.09. The van der Waals surface area contributed by atoms with Crippen molar-refractivity contribution >= 4 is 23.4 Å². The van der Waals surface area contributed by atoms with Crippen LogP contribution in [0.2, 0.25) is 5.02 Å². The van der Waals surface area contributed by atoms with E-state index < -0.39 is 0 Å². The van der Waals surface area contributed by atoms with Gasteiger partial charge in [0.1, 0.15) is 11.4 Å². The Hall–Kier alpha value is -2.07. The minimum Gasteiger partial charge on any atom is -0.462 e. The molecule has 1 heterocycles. The van der Waals surface area contributed by atoms with Crippen molar-refractivity contribution in [2.45, 2.75) is 13.5 Å². The summed E-state index contributed by atoms with van der Waals surface area (Å²) in [5.74, 6) is 0.105. The van der Waals surface area contributed by atoms with Crippen molar-refractivity contribution in [3.05, 3.63) is 58.7 Å². The smallest absolute Gasteiger partial charge is 0.341 e. The van der Waals surface area contributed by atoms with Crippen molar-refractivity contribution in [3.8, 4) is 0 Å². The number of hydrogen-bond donors (Lipinski definition) is 1. The van der Waals surface area contributed by atoms with Gasteiger partial charge in [-0.1, -0.05) is 29.8 Å². The predicted octanol–water partition coefficient (Wildman–Crippen LogP) is 3.52. The van der Waals surface area contributed by atoms with E-state index in [1.54, 1.807) is 25.3 Å². The van der Waals surface area contributed by atoms with Crippen molar-refractivity contribution in [3.63, 3.8) is 0 Å². The van der Waals surface area contributed by atoms with Gasteiger partial charge in [0.15, 0.2) is 0 Å². The third kappa shape index (κ3) is 3.48.